The van der Waals surface area contributed by atoms with Crippen molar-refractivity contribution in [1.82, 2.24) is 15.2 Å². The van der Waals surface area contributed by atoms with Gasteiger partial charge in [-0.25, -0.2) is 0 Å². The highest BCUT2D eigenvalue weighted by Crippen LogP contribution is 2.21. The predicted octanol–water partition coefficient (Wildman–Crippen LogP) is 2.30. The van der Waals surface area contributed by atoms with E-state index in [1.807, 2.05) is 31.2 Å². The largest absolute Gasteiger partial charge is 0.350 e. The molecular formula is C16H21N3O. The second-order valence-electron chi connectivity index (χ2n) is 5.75. The van der Waals surface area contributed by atoms with E-state index in [4.69, 9.17) is 0 Å². The lowest BCUT2D eigenvalue weighted by Crippen LogP contribution is -2.46. The molecule has 0 saturated carbocycles. The number of aromatic nitrogens is 1. The molecule has 2 N–H and O–H groups in total. The van der Waals surface area contributed by atoms with Crippen LogP contribution in [0.3, 0.4) is 0 Å². The van der Waals surface area contributed by atoms with Crippen molar-refractivity contribution in [2.75, 3.05) is 20.1 Å². The molecule has 1 atom stereocenters. The summed E-state index contributed by atoms with van der Waals surface area (Å²) < 4.78 is 0. The van der Waals surface area contributed by atoms with Crippen molar-refractivity contribution < 1.29 is 4.79 Å². The molecule has 0 spiro atoms. The number of amides is 1. The number of likely N-dealkylation sites (tertiary alicyclic amines) is 1. The van der Waals surface area contributed by atoms with Crippen LogP contribution < -0.4 is 5.32 Å². The lowest BCUT2D eigenvalue weighted by molar-refractivity contribution is 0.0907. The number of nitrogens with zero attached hydrogens (tertiary/aromatic N) is 1. The summed E-state index contributed by atoms with van der Waals surface area (Å²) in [6.45, 7) is 4.06. The minimum atomic E-state index is 0.0130. The van der Waals surface area contributed by atoms with Crippen LogP contribution in [0.15, 0.2) is 24.3 Å². The zero-order chi connectivity index (χ0) is 14.1. The first-order valence-corrected chi connectivity index (χ1v) is 7.22. The van der Waals surface area contributed by atoms with Crippen LogP contribution in [-0.4, -0.2) is 42.0 Å². The van der Waals surface area contributed by atoms with Gasteiger partial charge in [0.15, 0.2) is 0 Å². The summed E-state index contributed by atoms with van der Waals surface area (Å²) in [5.74, 6) is 0.0130. The number of likely N-dealkylation sites (N-methyl/N-ethyl adjacent to an activating group) is 1. The molecule has 0 bridgehead atoms. The number of H-pyrrole nitrogens is 1. The van der Waals surface area contributed by atoms with Crippen molar-refractivity contribution in [3.05, 3.63) is 35.5 Å². The number of fused-ring (bicyclic) bond motifs is 1. The number of rotatable bonds is 2. The van der Waals surface area contributed by atoms with Gasteiger partial charge in [-0.1, -0.05) is 18.2 Å². The average Bonchev–Trinajstić information content (AvgIpc) is 2.77. The molecule has 1 fully saturated rings. The number of benzene rings is 1. The van der Waals surface area contributed by atoms with Crippen LogP contribution in [0.1, 0.15) is 28.9 Å². The topological polar surface area (TPSA) is 48.1 Å². The van der Waals surface area contributed by atoms with Gasteiger partial charge < -0.3 is 15.2 Å². The Morgan fingerprint density at radius 3 is 2.95 bits per heavy atom. The summed E-state index contributed by atoms with van der Waals surface area (Å²) in [6, 6.07) is 8.30. The molecule has 1 amide bonds. The first-order chi connectivity index (χ1) is 9.65. The molecular weight excluding hydrogens is 250 g/mol. The fourth-order valence-corrected chi connectivity index (χ4v) is 3.05. The van der Waals surface area contributed by atoms with Crippen LogP contribution in [0.4, 0.5) is 0 Å². The maximum absolute atomic E-state index is 12.4. The fourth-order valence-electron chi connectivity index (χ4n) is 3.05. The Morgan fingerprint density at radius 2 is 2.20 bits per heavy atom. The molecule has 1 unspecified atom stereocenters. The highest BCUT2D eigenvalue weighted by Gasteiger charge is 2.21. The number of para-hydroxylation sites is 1. The third-order valence-corrected chi connectivity index (χ3v) is 4.15. The van der Waals surface area contributed by atoms with Crippen molar-refractivity contribution in [2.45, 2.75) is 25.8 Å². The normalized spacial score (nSPS) is 20.2. The van der Waals surface area contributed by atoms with E-state index >= 15 is 0 Å². The summed E-state index contributed by atoms with van der Waals surface area (Å²) in [6.07, 6.45) is 2.21. The van der Waals surface area contributed by atoms with Gasteiger partial charge in [0.05, 0.1) is 0 Å². The first-order valence-electron chi connectivity index (χ1n) is 7.22. The van der Waals surface area contributed by atoms with E-state index in [0.717, 1.165) is 42.4 Å². The van der Waals surface area contributed by atoms with E-state index in [0.29, 0.717) is 5.69 Å². The van der Waals surface area contributed by atoms with E-state index in [-0.39, 0.29) is 11.9 Å². The van der Waals surface area contributed by atoms with Crippen molar-refractivity contribution >= 4 is 16.8 Å². The number of nitrogens with one attached hydrogen (secondary N) is 2. The van der Waals surface area contributed by atoms with Gasteiger partial charge in [0.25, 0.3) is 5.91 Å². The fraction of sp³-hybridized carbons (Fsp3) is 0.438. The Hall–Kier alpha value is -1.81. The molecule has 0 aliphatic carbocycles. The SMILES string of the molecule is Cc1c(C(=O)NC2CCCN(C)C2)[nH]c2ccccc12. The minimum absolute atomic E-state index is 0.0130. The van der Waals surface area contributed by atoms with Crippen LogP contribution in [0, 0.1) is 6.92 Å². The summed E-state index contributed by atoms with van der Waals surface area (Å²) >= 11 is 0. The van der Waals surface area contributed by atoms with Crippen LogP contribution in [-0.2, 0) is 0 Å². The molecule has 2 heterocycles. The minimum Gasteiger partial charge on any atom is -0.350 e. The molecule has 20 heavy (non-hydrogen) atoms. The quantitative estimate of drug-likeness (QED) is 0.880. The van der Waals surface area contributed by atoms with Crippen LogP contribution in [0.25, 0.3) is 10.9 Å². The van der Waals surface area contributed by atoms with Gasteiger partial charge in [-0.15, -0.1) is 0 Å². The highest BCUT2D eigenvalue weighted by atomic mass is 16.2. The zero-order valence-corrected chi connectivity index (χ0v) is 12.1. The Balaban J connectivity index is 1.80. The molecule has 1 aromatic heterocycles. The second kappa shape index (κ2) is 5.29. The second-order valence-corrected chi connectivity index (χ2v) is 5.75. The van der Waals surface area contributed by atoms with Crippen molar-refractivity contribution in [3.63, 3.8) is 0 Å². The number of carbonyl (C=O) groups excluding carboxylic acids is 1. The van der Waals surface area contributed by atoms with Gasteiger partial charge in [-0.2, -0.15) is 0 Å². The predicted molar refractivity (Wildman–Crippen MR) is 81.0 cm³/mol. The molecule has 1 aliphatic rings. The molecule has 3 rings (SSSR count). The van der Waals surface area contributed by atoms with E-state index in [2.05, 4.69) is 22.2 Å². The molecule has 4 heteroatoms. The number of aromatic amines is 1. The molecule has 1 aromatic carbocycles. The monoisotopic (exact) mass is 271 g/mol. The van der Waals surface area contributed by atoms with Crippen molar-refractivity contribution in [2.24, 2.45) is 0 Å². The summed E-state index contributed by atoms with van der Waals surface area (Å²) in [5.41, 5.74) is 2.75. The molecule has 4 nitrogen and oxygen atoms in total. The van der Waals surface area contributed by atoms with Crippen LogP contribution in [0.2, 0.25) is 0 Å². The van der Waals surface area contributed by atoms with Gasteiger partial charge in [0.1, 0.15) is 5.69 Å². The van der Waals surface area contributed by atoms with E-state index < -0.39 is 0 Å². The molecule has 0 radical (unpaired) electrons. The summed E-state index contributed by atoms with van der Waals surface area (Å²) in [5, 5.41) is 4.28. The Morgan fingerprint density at radius 1 is 1.40 bits per heavy atom. The lowest BCUT2D eigenvalue weighted by Gasteiger charge is -2.30. The zero-order valence-electron chi connectivity index (χ0n) is 12.1. The van der Waals surface area contributed by atoms with Crippen molar-refractivity contribution in [3.8, 4) is 0 Å². The number of aryl methyl sites for hydroxylation is 1. The Kier molecular flexibility index (Phi) is 3.49. The maximum atomic E-state index is 12.4. The average molecular weight is 271 g/mol. The maximum Gasteiger partial charge on any atom is 0.268 e. The summed E-state index contributed by atoms with van der Waals surface area (Å²) in [7, 11) is 2.10. The van der Waals surface area contributed by atoms with Gasteiger partial charge in [0.2, 0.25) is 0 Å². The van der Waals surface area contributed by atoms with E-state index in [1.54, 1.807) is 0 Å². The number of hydrogen-bond donors (Lipinski definition) is 2. The van der Waals surface area contributed by atoms with E-state index in [1.165, 1.54) is 0 Å². The standard InChI is InChI=1S/C16H21N3O/c1-11-13-7-3-4-8-14(13)18-15(11)16(20)17-12-6-5-9-19(2)10-12/h3-4,7-8,12,18H,5-6,9-10H2,1-2H3,(H,17,20). The third-order valence-electron chi connectivity index (χ3n) is 4.15. The van der Waals surface area contributed by atoms with Crippen LogP contribution in [0.5, 0.6) is 0 Å². The molecule has 106 valence electrons. The smallest absolute Gasteiger partial charge is 0.268 e. The van der Waals surface area contributed by atoms with Crippen LogP contribution >= 0.6 is 0 Å². The molecule has 1 aliphatic heterocycles. The molecule has 1 saturated heterocycles. The van der Waals surface area contributed by atoms with Crippen molar-refractivity contribution in [1.29, 1.82) is 0 Å². The Bertz CT molecular complexity index is 632. The first kappa shape index (κ1) is 13.2. The summed E-state index contributed by atoms with van der Waals surface area (Å²) in [4.78, 5) is 18.0. The number of carbonyl (C=O) groups is 1. The van der Waals surface area contributed by atoms with E-state index in [9.17, 15) is 4.79 Å². The number of piperidine rings is 1. The van der Waals surface area contributed by atoms with Gasteiger partial charge in [0, 0.05) is 23.5 Å². The number of hydrogen-bond acceptors (Lipinski definition) is 2. The van der Waals surface area contributed by atoms with Gasteiger partial charge in [-0.3, -0.25) is 4.79 Å². The third kappa shape index (κ3) is 2.43. The lowest BCUT2D eigenvalue weighted by atomic mass is 10.1. The van der Waals surface area contributed by atoms with Gasteiger partial charge in [-0.05, 0) is 45.0 Å². The Labute approximate surface area is 119 Å². The molecule has 2 aromatic rings. The highest BCUT2D eigenvalue weighted by molar-refractivity contribution is 6.00. The van der Waals surface area contributed by atoms with Gasteiger partial charge >= 0.3 is 0 Å².